The van der Waals surface area contributed by atoms with Crippen molar-refractivity contribution in [1.29, 1.82) is 0 Å². The maximum Gasteiger partial charge on any atom is 0.333 e. The Morgan fingerprint density at radius 3 is 1.30 bits per heavy atom. The molecule has 5 heteroatoms. The van der Waals surface area contributed by atoms with Crippen LogP contribution in [-0.2, 0) is 9.53 Å². The van der Waals surface area contributed by atoms with Crippen LogP contribution in [0.25, 0.3) is 0 Å². The molecular weight excluding hydrogens is 520 g/mol. The largest absolute Gasteiger partial charge is 0.462 e. The van der Waals surface area contributed by atoms with Gasteiger partial charge in [-0.2, -0.15) is 0 Å². The lowest BCUT2D eigenvalue weighted by molar-refractivity contribution is -0.139. The molecule has 0 rings (SSSR count). The first kappa shape index (κ1) is 30.4. The minimum atomic E-state index is -0.254. The number of carbonyl (C=O) groups is 1. The normalized spacial score (nSPS) is 11.7. The van der Waals surface area contributed by atoms with Crippen LogP contribution < -0.4 is 0 Å². The number of halogens is 2. The molecule has 0 aromatic carbocycles. The van der Waals surface area contributed by atoms with Crippen LogP contribution in [0.5, 0.6) is 0 Å². The molecular formula is C25H48Br2O2Si. The van der Waals surface area contributed by atoms with Gasteiger partial charge in [0.15, 0.2) is 0 Å². The summed E-state index contributed by atoms with van der Waals surface area (Å²) in [5, 5.41) is 0. The third kappa shape index (κ3) is 24.7. The van der Waals surface area contributed by atoms with Crippen LogP contribution in [0.1, 0.15) is 129 Å². The Morgan fingerprint density at radius 1 is 0.700 bits per heavy atom. The van der Waals surface area contributed by atoms with E-state index in [0.29, 0.717) is 12.2 Å². The van der Waals surface area contributed by atoms with Gasteiger partial charge in [0.05, 0.1) is 9.46 Å². The minimum absolute atomic E-state index is 0.254. The fourth-order valence-electron chi connectivity index (χ4n) is 3.65. The quantitative estimate of drug-likeness (QED) is 0.0432. The molecule has 0 amide bonds. The van der Waals surface area contributed by atoms with Gasteiger partial charge in [-0.1, -0.05) is 148 Å². The first-order valence-electron chi connectivity index (χ1n) is 12.5. The third-order valence-corrected chi connectivity index (χ3v) is 6.88. The molecule has 0 fully saturated rings. The van der Waals surface area contributed by atoms with Crippen LogP contribution in [0, 0.1) is 0 Å². The van der Waals surface area contributed by atoms with Crippen molar-refractivity contribution < 1.29 is 9.53 Å². The number of unbranched alkanes of at least 4 members (excludes halogenated alkanes) is 17. The van der Waals surface area contributed by atoms with Crippen LogP contribution in [0.15, 0.2) is 12.2 Å². The molecule has 0 saturated heterocycles. The maximum atomic E-state index is 11.2. The molecule has 2 nitrogen and oxygen atoms in total. The van der Waals surface area contributed by atoms with E-state index in [0.717, 1.165) is 12.8 Å². The molecule has 0 aliphatic heterocycles. The predicted molar refractivity (Wildman–Crippen MR) is 144 cm³/mol. The van der Waals surface area contributed by atoms with E-state index in [4.69, 9.17) is 4.74 Å². The summed E-state index contributed by atoms with van der Waals surface area (Å²) in [4.78, 5) is 11.2. The van der Waals surface area contributed by atoms with Gasteiger partial charge in [-0.3, -0.25) is 0 Å². The monoisotopic (exact) mass is 566 g/mol. The van der Waals surface area contributed by atoms with E-state index in [-0.39, 0.29) is 8.83 Å². The highest BCUT2D eigenvalue weighted by Gasteiger charge is 2.13. The van der Waals surface area contributed by atoms with Gasteiger partial charge in [-0.15, -0.1) is 0 Å². The number of hydrogen-bond acceptors (Lipinski definition) is 2. The van der Waals surface area contributed by atoms with Crippen LogP contribution in [-0.4, -0.2) is 25.7 Å². The summed E-state index contributed by atoms with van der Waals surface area (Å²) in [5.41, 5.74) is 0.492. The average molecular weight is 569 g/mol. The number of ether oxygens (including phenoxy) is 1. The molecule has 0 atom stereocenters. The summed E-state index contributed by atoms with van der Waals surface area (Å²) < 4.78 is 5.39. The minimum Gasteiger partial charge on any atom is -0.462 e. The van der Waals surface area contributed by atoms with E-state index < -0.39 is 0 Å². The van der Waals surface area contributed by atoms with Crippen molar-refractivity contribution in [3.8, 4) is 0 Å². The van der Waals surface area contributed by atoms with E-state index in [1.807, 2.05) is 0 Å². The summed E-state index contributed by atoms with van der Waals surface area (Å²) in [6.45, 7) is 5.82. The van der Waals surface area contributed by atoms with Gasteiger partial charge >= 0.3 is 5.97 Å². The molecule has 0 heterocycles. The van der Waals surface area contributed by atoms with Gasteiger partial charge in [0.25, 0.3) is 0 Å². The highest BCUT2D eigenvalue weighted by atomic mass is 79.9. The molecule has 30 heavy (non-hydrogen) atoms. The van der Waals surface area contributed by atoms with Crippen LogP contribution >= 0.6 is 31.9 Å². The zero-order valence-corrected chi connectivity index (χ0v) is 25.1. The van der Waals surface area contributed by atoms with Crippen molar-refractivity contribution in [3.05, 3.63) is 12.2 Å². The fourth-order valence-corrected chi connectivity index (χ4v) is 4.57. The van der Waals surface area contributed by atoms with E-state index in [9.17, 15) is 4.79 Å². The first-order chi connectivity index (χ1) is 14.3. The zero-order chi connectivity index (χ0) is 22.5. The Kier molecular flexibility index (Phi) is 21.5. The summed E-state index contributed by atoms with van der Waals surface area (Å²) in [6.07, 6.45) is 25.8. The molecule has 0 radical (unpaired) electrons. The van der Waals surface area contributed by atoms with Crippen molar-refractivity contribution in [2.45, 2.75) is 132 Å². The highest BCUT2D eigenvalue weighted by molar-refractivity contribution is 9.26. The van der Waals surface area contributed by atoms with Gasteiger partial charge < -0.3 is 4.74 Å². The molecule has 0 spiro atoms. The van der Waals surface area contributed by atoms with E-state index in [1.165, 1.54) is 119 Å². The number of rotatable bonds is 22. The second-order valence-electron chi connectivity index (χ2n) is 9.10. The Balaban J connectivity index is 3.10. The van der Waals surface area contributed by atoms with Gasteiger partial charge in [-0.05, 0) is 19.8 Å². The number of esters is 1. The average Bonchev–Trinajstić information content (AvgIpc) is 2.68. The second kappa shape index (κ2) is 21.2. The number of carbonyl (C=O) groups excluding carboxylic acids is 1. The van der Waals surface area contributed by atoms with Gasteiger partial charge in [0.1, 0.15) is 0 Å². The molecule has 0 unspecified atom stereocenters. The van der Waals surface area contributed by atoms with E-state index in [1.54, 1.807) is 6.92 Å². The lowest BCUT2D eigenvalue weighted by Gasteiger charge is -2.13. The van der Waals surface area contributed by atoms with Crippen molar-refractivity contribution in [2.75, 3.05) is 6.61 Å². The Labute approximate surface area is 207 Å². The lowest BCUT2D eigenvalue weighted by atomic mass is 10.0. The zero-order valence-electron chi connectivity index (χ0n) is 19.9. The molecule has 0 N–H and O–H groups in total. The lowest BCUT2D eigenvalue weighted by Crippen LogP contribution is -2.09. The van der Waals surface area contributed by atoms with Gasteiger partial charge in [-0.25, -0.2) is 4.79 Å². The summed E-state index contributed by atoms with van der Waals surface area (Å²) in [7, 11) is 1.17. The molecule has 0 saturated carbocycles. The van der Waals surface area contributed by atoms with Gasteiger partial charge in [0.2, 0.25) is 0 Å². The van der Waals surface area contributed by atoms with E-state index >= 15 is 0 Å². The smallest absolute Gasteiger partial charge is 0.333 e. The first-order valence-corrected chi connectivity index (χ1v) is 15.1. The summed E-state index contributed by atoms with van der Waals surface area (Å²) >= 11 is 7.41. The highest BCUT2D eigenvalue weighted by Crippen LogP contribution is 2.28. The second-order valence-corrected chi connectivity index (χ2v) is 18.3. The number of hydrogen-bond donors (Lipinski definition) is 0. The van der Waals surface area contributed by atoms with Crippen molar-refractivity contribution in [1.82, 2.24) is 0 Å². The van der Waals surface area contributed by atoms with E-state index in [2.05, 4.69) is 38.4 Å². The maximum absolute atomic E-state index is 11.2. The molecule has 178 valence electrons. The van der Waals surface area contributed by atoms with Crippen molar-refractivity contribution in [2.24, 2.45) is 0 Å². The van der Waals surface area contributed by atoms with Crippen molar-refractivity contribution >= 4 is 48.1 Å². The third-order valence-electron chi connectivity index (χ3n) is 5.59. The molecule has 0 aromatic heterocycles. The van der Waals surface area contributed by atoms with Crippen molar-refractivity contribution in [3.63, 3.8) is 0 Å². The Bertz CT molecular complexity index is 422. The molecule has 0 aliphatic rings. The standard InChI is InChI=1S/C25H48Br2O2Si/c1-23(2)24(28)29-22-20-18-16-14-12-10-8-6-4-3-5-7-9-11-13-15-17-19-21-25(26,27)30/h1,3-22H2,2,30H3. The fraction of sp³-hybridized carbons (Fsp3) is 0.880. The van der Waals surface area contributed by atoms with Crippen LogP contribution in [0.4, 0.5) is 0 Å². The summed E-state index contributed by atoms with van der Waals surface area (Å²) in [5.74, 6) is -0.254. The Hall–Kier alpha value is 0.387. The van der Waals surface area contributed by atoms with Crippen LogP contribution in [0.3, 0.4) is 0 Å². The topological polar surface area (TPSA) is 26.3 Å². The molecule has 0 bridgehead atoms. The van der Waals surface area contributed by atoms with Gasteiger partial charge in [0, 0.05) is 15.8 Å². The molecule has 0 aromatic rings. The molecule has 0 aliphatic carbocycles. The Morgan fingerprint density at radius 2 is 1.00 bits per heavy atom. The predicted octanol–water partition coefficient (Wildman–Crippen LogP) is 8.33. The summed E-state index contributed by atoms with van der Waals surface area (Å²) in [6, 6.07) is 0. The number of alkyl halides is 2. The SMILES string of the molecule is C=C(C)C(=O)OCCCCCCCCCCCCCCCCCCCCC([SiH3])(Br)Br. The van der Waals surface area contributed by atoms with Crippen LogP contribution in [0.2, 0.25) is 0 Å².